The predicted octanol–water partition coefficient (Wildman–Crippen LogP) is 6.35. The third-order valence-corrected chi connectivity index (χ3v) is 6.19. The Balaban J connectivity index is 1.69. The maximum absolute atomic E-state index is 12.8. The number of hydrogen-bond donors (Lipinski definition) is 0. The Hall–Kier alpha value is -3.53. The van der Waals surface area contributed by atoms with Gasteiger partial charge in [0.05, 0.1) is 31.9 Å². The van der Waals surface area contributed by atoms with Crippen LogP contribution in [-0.2, 0) is 9.53 Å². The topological polar surface area (TPSA) is 92.7 Å². The molecule has 0 fully saturated rings. The fourth-order valence-corrected chi connectivity index (χ4v) is 4.28. The summed E-state index contributed by atoms with van der Waals surface area (Å²) in [6.07, 6.45) is 1.45. The highest BCUT2D eigenvalue weighted by Gasteiger charge is 2.27. The van der Waals surface area contributed by atoms with Gasteiger partial charge >= 0.3 is 11.9 Å². The van der Waals surface area contributed by atoms with Gasteiger partial charge in [-0.25, -0.2) is 14.6 Å². The number of esters is 2. The van der Waals surface area contributed by atoms with E-state index in [4.69, 9.17) is 46.9 Å². The lowest BCUT2D eigenvalue weighted by atomic mass is 10.1. The van der Waals surface area contributed by atoms with E-state index in [-0.39, 0.29) is 27.9 Å². The van der Waals surface area contributed by atoms with Gasteiger partial charge in [0.2, 0.25) is 11.6 Å². The maximum Gasteiger partial charge on any atom is 0.363 e. The van der Waals surface area contributed by atoms with Crippen molar-refractivity contribution in [3.05, 3.63) is 85.4 Å². The summed E-state index contributed by atoms with van der Waals surface area (Å²) in [4.78, 5) is 29.8. The second-order valence-corrected chi connectivity index (χ2v) is 9.21. The van der Waals surface area contributed by atoms with Crippen LogP contribution >= 0.6 is 39.1 Å². The van der Waals surface area contributed by atoms with Crippen LogP contribution in [0.15, 0.2) is 63.7 Å². The zero-order valence-corrected chi connectivity index (χ0v) is 22.7. The Labute approximate surface area is 230 Å². The molecule has 0 atom stereocenters. The molecule has 0 bridgehead atoms. The van der Waals surface area contributed by atoms with Gasteiger partial charge in [0.15, 0.2) is 17.2 Å². The zero-order valence-electron chi connectivity index (χ0n) is 19.6. The number of benzene rings is 3. The fraction of sp³-hybridized carbons (Fsp3) is 0.115. The first-order valence-electron chi connectivity index (χ1n) is 10.5. The van der Waals surface area contributed by atoms with Crippen molar-refractivity contribution in [3.8, 4) is 23.0 Å². The van der Waals surface area contributed by atoms with Crippen molar-refractivity contribution in [1.29, 1.82) is 0 Å². The molecule has 0 spiro atoms. The van der Waals surface area contributed by atoms with E-state index in [2.05, 4.69) is 20.9 Å². The molecular weight excluding hydrogens is 589 g/mol. The lowest BCUT2D eigenvalue weighted by Crippen LogP contribution is -2.10. The van der Waals surface area contributed by atoms with Crippen LogP contribution in [0.3, 0.4) is 0 Å². The molecule has 0 saturated heterocycles. The number of halogens is 3. The minimum absolute atomic E-state index is 0.0105. The third-order valence-electron chi connectivity index (χ3n) is 5.15. The van der Waals surface area contributed by atoms with Crippen LogP contribution in [0.1, 0.15) is 21.5 Å². The first-order chi connectivity index (χ1) is 17.7. The molecule has 0 radical (unpaired) electrons. The van der Waals surface area contributed by atoms with E-state index in [1.807, 2.05) is 0 Å². The summed E-state index contributed by atoms with van der Waals surface area (Å²) in [5, 5.41) is 0.532. The predicted molar refractivity (Wildman–Crippen MR) is 142 cm³/mol. The molecular formula is C26H18BrCl2NO7. The highest BCUT2D eigenvalue weighted by atomic mass is 79.9. The van der Waals surface area contributed by atoms with Gasteiger partial charge in [-0.15, -0.1) is 0 Å². The van der Waals surface area contributed by atoms with Gasteiger partial charge in [0.1, 0.15) is 5.75 Å². The van der Waals surface area contributed by atoms with Crippen LogP contribution in [0.5, 0.6) is 23.0 Å². The van der Waals surface area contributed by atoms with Crippen LogP contribution in [-0.4, -0.2) is 39.2 Å². The largest absolute Gasteiger partial charge is 0.493 e. The maximum atomic E-state index is 12.8. The average Bonchev–Trinajstić information content (AvgIpc) is 3.24. The monoisotopic (exact) mass is 605 g/mol. The van der Waals surface area contributed by atoms with Gasteiger partial charge in [0, 0.05) is 20.6 Å². The van der Waals surface area contributed by atoms with E-state index in [0.29, 0.717) is 37.9 Å². The average molecular weight is 607 g/mol. The molecule has 0 aliphatic carbocycles. The number of aliphatic imine (C=N–C) groups is 1. The molecule has 0 saturated carbocycles. The first kappa shape index (κ1) is 26.5. The first-order valence-corrected chi connectivity index (χ1v) is 12.1. The van der Waals surface area contributed by atoms with Crippen LogP contribution in [0.4, 0.5) is 0 Å². The second kappa shape index (κ2) is 11.2. The van der Waals surface area contributed by atoms with Gasteiger partial charge < -0.3 is 23.7 Å². The molecule has 0 unspecified atom stereocenters. The Morgan fingerprint density at radius 2 is 1.65 bits per heavy atom. The summed E-state index contributed by atoms with van der Waals surface area (Å²) in [7, 11) is 4.43. The van der Waals surface area contributed by atoms with Gasteiger partial charge in [-0.05, 0) is 54.6 Å². The van der Waals surface area contributed by atoms with Crippen molar-refractivity contribution in [2.45, 2.75) is 0 Å². The number of carbonyl (C=O) groups is 2. The fourth-order valence-electron chi connectivity index (χ4n) is 3.42. The summed E-state index contributed by atoms with van der Waals surface area (Å²) in [6, 6.07) is 12.6. The number of methoxy groups -OCH3 is 3. The van der Waals surface area contributed by atoms with Gasteiger partial charge in [0.25, 0.3) is 0 Å². The number of rotatable bonds is 7. The summed E-state index contributed by atoms with van der Waals surface area (Å²) >= 11 is 15.4. The van der Waals surface area contributed by atoms with Crippen molar-refractivity contribution in [2.24, 2.45) is 4.99 Å². The summed E-state index contributed by atoms with van der Waals surface area (Å²) in [5.41, 5.74) is 0.957. The molecule has 0 N–H and O–H groups in total. The minimum Gasteiger partial charge on any atom is -0.493 e. The zero-order chi connectivity index (χ0) is 26.7. The molecule has 8 nitrogen and oxygen atoms in total. The van der Waals surface area contributed by atoms with Gasteiger partial charge in [-0.1, -0.05) is 39.1 Å². The summed E-state index contributed by atoms with van der Waals surface area (Å²) in [6.45, 7) is 0. The smallest absolute Gasteiger partial charge is 0.363 e. The Morgan fingerprint density at radius 3 is 2.27 bits per heavy atom. The number of carbonyl (C=O) groups excluding carboxylic acids is 2. The van der Waals surface area contributed by atoms with Crippen molar-refractivity contribution < 1.29 is 33.3 Å². The van der Waals surface area contributed by atoms with E-state index in [9.17, 15) is 9.59 Å². The van der Waals surface area contributed by atoms with E-state index in [1.165, 1.54) is 45.6 Å². The lowest BCUT2D eigenvalue weighted by Gasteiger charge is -2.13. The van der Waals surface area contributed by atoms with E-state index in [0.717, 1.165) is 0 Å². The Bertz CT molecular complexity index is 1440. The Kier molecular flexibility index (Phi) is 8.06. The van der Waals surface area contributed by atoms with Gasteiger partial charge in [-0.2, -0.15) is 0 Å². The normalized spacial score (nSPS) is 13.7. The molecule has 190 valence electrons. The van der Waals surface area contributed by atoms with Crippen molar-refractivity contribution in [1.82, 2.24) is 0 Å². The molecule has 11 heteroatoms. The van der Waals surface area contributed by atoms with Crippen molar-refractivity contribution >= 4 is 63.0 Å². The summed E-state index contributed by atoms with van der Waals surface area (Å²) in [5.74, 6) is -0.0464. The quantitative estimate of drug-likeness (QED) is 0.176. The number of hydrogen-bond acceptors (Lipinski definition) is 8. The van der Waals surface area contributed by atoms with Crippen molar-refractivity contribution in [2.75, 3.05) is 21.3 Å². The standard InChI is InChI=1S/C26H18BrCl2NO7/c1-33-21-10-14(11-22(34-2)23(21)35-3)24-30-19(26(32)37-24)9-13-8-15(27)4-7-20(13)36-25(31)17-6-5-16(28)12-18(17)29/h4-12H,1-3H3/b19-9+. The SMILES string of the molecule is COc1cc(C2=N/C(=C/c3cc(Br)ccc3OC(=O)c3ccc(Cl)cc3Cl)C(=O)O2)cc(OC)c1OC. The molecule has 1 aliphatic heterocycles. The van der Waals surface area contributed by atoms with Gasteiger partial charge in [-0.3, -0.25) is 0 Å². The van der Waals surface area contributed by atoms with E-state index < -0.39 is 11.9 Å². The molecule has 4 rings (SSSR count). The van der Waals surface area contributed by atoms with E-state index in [1.54, 1.807) is 30.3 Å². The molecule has 3 aromatic carbocycles. The number of ether oxygens (including phenoxy) is 5. The van der Waals surface area contributed by atoms with Crippen LogP contribution in [0.2, 0.25) is 10.0 Å². The highest BCUT2D eigenvalue weighted by Crippen LogP contribution is 2.39. The van der Waals surface area contributed by atoms with Crippen molar-refractivity contribution in [3.63, 3.8) is 0 Å². The molecule has 1 aliphatic rings. The molecule has 3 aromatic rings. The number of cyclic esters (lactones) is 1. The molecule has 0 amide bonds. The highest BCUT2D eigenvalue weighted by molar-refractivity contribution is 9.10. The van der Waals surface area contributed by atoms with Crippen LogP contribution in [0, 0.1) is 0 Å². The lowest BCUT2D eigenvalue weighted by molar-refractivity contribution is -0.129. The third kappa shape index (κ3) is 5.74. The van der Waals surface area contributed by atoms with Crippen LogP contribution in [0.25, 0.3) is 6.08 Å². The molecule has 1 heterocycles. The minimum atomic E-state index is -0.695. The van der Waals surface area contributed by atoms with Crippen LogP contribution < -0.4 is 18.9 Å². The Morgan fingerprint density at radius 1 is 0.946 bits per heavy atom. The van der Waals surface area contributed by atoms with E-state index >= 15 is 0 Å². The summed E-state index contributed by atoms with van der Waals surface area (Å²) < 4.78 is 27.7. The second-order valence-electron chi connectivity index (χ2n) is 7.45. The molecule has 0 aromatic heterocycles. The molecule has 37 heavy (non-hydrogen) atoms. The number of nitrogens with zero attached hydrogens (tertiary/aromatic N) is 1.